The third kappa shape index (κ3) is 3.77. The van der Waals surface area contributed by atoms with Crippen molar-refractivity contribution in [1.82, 2.24) is 0 Å². The first-order valence-electron chi connectivity index (χ1n) is 6.22. The fraction of sp³-hybridized carbons (Fsp3) is 0.500. The molecule has 0 amide bonds. The lowest BCUT2D eigenvalue weighted by molar-refractivity contribution is 0.0340. The van der Waals surface area contributed by atoms with Crippen LogP contribution >= 0.6 is 0 Å². The highest BCUT2D eigenvalue weighted by atomic mass is 16.6. The lowest BCUT2D eigenvalue weighted by Gasteiger charge is -2.18. The zero-order chi connectivity index (χ0) is 11.9. The summed E-state index contributed by atoms with van der Waals surface area (Å²) in [5.74, 6) is 0.857. The largest absolute Gasteiger partial charge is 0.497 e. The van der Waals surface area contributed by atoms with Gasteiger partial charge in [0.15, 0.2) is 0 Å². The summed E-state index contributed by atoms with van der Waals surface area (Å²) < 4.78 is 5.09. The van der Waals surface area contributed by atoms with Gasteiger partial charge in [0.25, 0.3) is 0 Å². The molecule has 0 N–H and O–H groups in total. The van der Waals surface area contributed by atoms with Crippen molar-refractivity contribution in [2.75, 3.05) is 7.11 Å². The Labute approximate surface area is 102 Å². The molecule has 0 aliphatic heterocycles. The van der Waals surface area contributed by atoms with Crippen molar-refractivity contribution in [3.63, 3.8) is 0 Å². The molecule has 1 aliphatic rings. The number of rotatable bonds is 4. The maximum atomic E-state index is 5.48. The fourth-order valence-corrected chi connectivity index (χ4v) is 2.04. The first kappa shape index (κ1) is 12.0. The van der Waals surface area contributed by atoms with Crippen LogP contribution in [0.4, 0.5) is 0 Å². The van der Waals surface area contributed by atoms with E-state index in [1.54, 1.807) is 13.3 Å². The second-order valence-corrected chi connectivity index (χ2v) is 4.37. The average Bonchev–Trinajstić information content (AvgIpc) is 2.41. The second kappa shape index (κ2) is 6.28. The molecule has 3 nitrogen and oxygen atoms in total. The van der Waals surface area contributed by atoms with Gasteiger partial charge < -0.3 is 9.57 Å². The van der Waals surface area contributed by atoms with E-state index in [2.05, 4.69) is 5.16 Å². The summed E-state index contributed by atoms with van der Waals surface area (Å²) in [7, 11) is 1.66. The van der Waals surface area contributed by atoms with Crippen LogP contribution in [-0.4, -0.2) is 19.4 Å². The first-order valence-corrected chi connectivity index (χ1v) is 6.22. The summed E-state index contributed by atoms with van der Waals surface area (Å²) in [4.78, 5) is 5.48. The highest BCUT2D eigenvalue weighted by Crippen LogP contribution is 2.20. The third-order valence-electron chi connectivity index (χ3n) is 3.08. The Morgan fingerprint density at radius 1 is 1.12 bits per heavy atom. The number of oxime groups is 1. The molecule has 3 heteroatoms. The van der Waals surface area contributed by atoms with Gasteiger partial charge in [0.2, 0.25) is 0 Å². The molecule has 1 saturated carbocycles. The van der Waals surface area contributed by atoms with Crippen molar-refractivity contribution in [3.8, 4) is 5.75 Å². The smallest absolute Gasteiger partial charge is 0.127 e. The van der Waals surface area contributed by atoms with E-state index in [-0.39, 0.29) is 0 Å². The van der Waals surface area contributed by atoms with E-state index in [1.165, 1.54) is 19.3 Å². The summed E-state index contributed by atoms with van der Waals surface area (Å²) in [6.07, 6.45) is 8.22. The van der Waals surface area contributed by atoms with Gasteiger partial charge in [-0.1, -0.05) is 11.6 Å². The van der Waals surface area contributed by atoms with Crippen LogP contribution in [0.1, 0.15) is 37.7 Å². The van der Waals surface area contributed by atoms with Gasteiger partial charge in [0.1, 0.15) is 11.9 Å². The highest BCUT2D eigenvalue weighted by Gasteiger charge is 2.13. The predicted molar refractivity (Wildman–Crippen MR) is 68.5 cm³/mol. The maximum Gasteiger partial charge on any atom is 0.127 e. The Hall–Kier alpha value is -1.51. The summed E-state index contributed by atoms with van der Waals surface area (Å²) in [5.41, 5.74) is 1.03. The van der Waals surface area contributed by atoms with Gasteiger partial charge in [-0.25, -0.2) is 0 Å². The summed E-state index contributed by atoms with van der Waals surface area (Å²) in [5, 5.41) is 4.05. The fourth-order valence-electron chi connectivity index (χ4n) is 2.04. The van der Waals surface area contributed by atoms with E-state index in [0.29, 0.717) is 6.10 Å². The molecule has 2 rings (SSSR count). The third-order valence-corrected chi connectivity index (χ3v) is 3.08. The highest BCUT2D eigenvalue weighted by molar-refractivity contribution is 5.79. The maximum absolute atomic E-state index is 5.48. The number of nitrogens with zero attached hydrogens (tertiary/aromatic N) is 1. The molecule has 0 saturated heterocycles. The zero-order valence-electron chi connectivity index (χ0n) is 10.3. The van der Waals surface area contributed by atoms with E-state index in [4.69, 9.17) is 9.57 Å². The molecule has 1 aliphatic carbocycles. The summed E-state index contributed by atoms with van der Waals surface area (Å²) >= 11 is 0. The van der Waals surface area contributed by atoms with Gasteiger partial charge in [0, 0.05) is 0 Å². The van der Waals surface area contributed by atoms with Crippen LogP contribution in [0.3, 0.4) is 0 Å². The van der Waals surface area contributed by atoms with Crippen molar-refractivity contribution in [3.05, 3.63) is 29.8 Å². The molecule has 0 aromatic heterocycles. The average molecular weight is 233 g/mol. The van der Waals surface area contributed by atoms with Gasteiger partial charge in [-0.05, 0) is 55.5 Å². The monoisotopic (exact) mass is 233 g/mol. The van der Waals surface area contributed by atoms with Gasteiger partial charge in [-0.2, -0.15) is 0 Å². The molecule has 1 aromatic rings. The van der Waals surface area contributed by atoms with E-state index < -0.39 is 0 Å². The van der Waals surface area contributed by atoms with Crippen LogP contribution in [0.5, 0.6) is 5.75 Å². The Balaban J connectivity index is 1.82. The van der Waals surface area contributed by atoms with Gasteiger partial charge in [-0.15, -0.1) is 0 Å². The normalized spacial score (nSPS) is 17.2. The Kier molecular flexibility index (Phi) is 4.42. The van der Waals surface area contributed by atoms with Crippen molar-refractivity contribution < 1.29 is 9.57 Å². The summed E-state index contributed by atoms with van der Waals surface area (Å²) in [6.45, 7) is 0. The van der Waals surface area contributed by atoms with Crippen LogP contribution in [0, 0.1) is 0 Å². The zero-order valence-corrected chi connectivity index (χ0v) is 10.3. The molecule has 1 fully saturated rings. The molecule has 0 bridgehead atoms. The SMILES string of the molecule is COc1ccc(C=NOC2CCCCC2)cc1. The van der Waals surface area contributed by atoms with Gasteiger partial charge >= 0.3 is 0 Å². The molecule has 17 heavy (non-hydrogen) atoms. The van der Waals surface area contributed by atoms with Crippen LogP contribution in [-0.2, 0) is 4.84 Å². The van der Waals surface area contributed by atoms with E-state index in [1.807, 2.05) is 24.3 Å². The number of methoxy groups -OCH3 is 1. The quantitative estimate of drug-likeness (QED) is 0.589. The van der Waals surface area contributed by atoms with Crippen LogP contribution in [0.2, 0.25) is 0 Å². The second-order valence-electron chi connectivity index (χ2n) is 4.37. The number of hydrogen-bond acceptors (Lipinski definition) is 3. The first-order chi connectivity index (χ1) is 8.38. The molecule has 0 spiro atoms. The standard InChI is InChI=1S/C14H19NO2/c1-16-13-9-7-12(8-10-13)11-15-17-14-5-3-2-4-6-14/h7-11,14H,2-6H2,1H3. The minimum Gasteiger partial charge on any atom is -0.497 e. The Morgan fingerprint density at radius 2 is 1.82 bits per heavy atom. The molecule has 0 heterocycles. The topological polar surface area (TPSA) is 30.8 Å². The number of hydrogen-bond donors (Lipinski definition) is 0. The lowest BCUT2D eigenvalue weighted by atomic mass is 9.98. The van der Waals surface area contributed by atoms with Crippen molar-refractivity contribution in [2.24, 2.45) is 5.16 Å². The predicted octanol–water partition coefficient (Wildman–Crippen LogP) is 3.38. The van der Waals surface area contributed by atoms with Crippen LogP contribution in [0.15, 0.2) is 29.4 Å². The van der Waals surface area contributed by atoms with Crippen LogP contribution < -0.4 is 4.74 Å². The van der Waals surface area contributed by atoms with E-state index in [9.17, 15) is 0 Å². The number of ether oxygens (including phenoxy) is 1. The Morgan fingerprint density at radius 3 is 2.47 bits per heavy atom. The van der Waals surface area contributed by atoms with E-state index >= 15 is 0 Å². The van der Waals surface area contributed by atoms with Gasteiger partial charge in [-0.3, -0.25) is 0 Å². The van der Waals surface area contributed by atoms with Crippen molar-refractivity contribution in [2.45, 2.75) is 38.2 Å². The minimum absolute atomic E-state index is 0.318. The molecule has 92 valence electrons. The number of benzene rings is 1. The van der Waals surface area contributed by atoms with Crippen molar-refractivity contribution in [1.29, 1.82) is 0 Å². The minimum atomic E-state index is 0.318. The van der Waals surface area contributed by atoms with Gasteiger partial charge in [0.05, 0.1) is 13.3 Å². The van der Waals surface area contributed by atoms with Crippen molar-refractivity contribution >= 4 is 6.21 Å². The molecule has 0 atom stereocenters. The van der Waals surface area contributed by atoms with Crippen LogP contribution in [0.25, 0.3) is 0 Å². The summed E-state index contributed by atoms with van der Waals surface area (Å²) in [6, 6.07) is 7.77. The molecular weight excluding hydrogens is 214 g/mol. The lowest BCUT2D eigenvalue weighted by Crippen LogP contribution is -2.13. The molecule has 0 radical (unpaired) electrons. The van der Waals surface area contributed by atoms with E-state index in [0.717, 1.165) is 24.2 Å². The molecular formula is C14H19NO2. The molecule has 0 unspecified atom stereocenters. The molecule has 1 aromatic carbocycles. The Bertz CT molecular complexity index is 353.